The van der Waals surface area contributed by atoms with Crippen LogP contribution in [0, 0.1) is 0 Å². The maximum Gasteiger partial charge on any atom is 0.254 e. The summed E-state index contributed by atoms with van der Waals surface area (Å²) in [7, 11) is 0. The van der Waals surface area contributed by atoms with E-state index in [4.69, 9.17) is 22.4 Å². The molecule has 88 valence electrons. The molecule has 0 fully saturated rings. The lowest BCUT2D eigenvalue weighted by atomic mass is 10.2. The number of aromatic nitrogens is 1. The molecule has 0 saturated heterocycles. The molecular weight excluding hydrogens is 230 g/mol. The molecule has 1 heterocycles. The van der Waals surface area contributed by atoms with E-state index < -0.39 is 0 Å². The van der Waals surface area contributed by atoms with Crippen LogP contribution in [-0.2, 0) is 0 Å². The van der Waals surface area contributed by atoms with Crippen LogP contribution in [-0.4, -0.2) is 28.6 Å². The molecule has 6 heteroatoms. The minimum atomic E-state index is -0.342. The van der Waals surface area contributed by atoms with Gasteiger partial charge in [-0.1, -0.05) is 11.6 Å². The van der Waals surface area contributed by atoms with Gasteiger partial charge in [0.05, 0.1) is 17.4 Å². The van der Waals surface area contributed by atoms with Crippen LogP contribution in [0.1, 0.15) is 23.7 Å². The first-order valence-corrected chi connectivity index (χ1v) is 5.25. The molecule has 1 rings (SSSR count). The van der Waals surface area contributed by atoms with Gasteiger partial charge in [0.2, 0.25) is 0 Å². The Morgan fingerprint density at radius 3 is 3.06 bits per heavy atom. The molecule has 0 aliphatic rings. The largest absolute Gasteiger partial charge is 0.397 e. The van der Waals surface area contributed by atoms with Crippen molar-refractivity contribution >= 4 is 23.2 Å². The van der Waals surface area contributed by atoms with Gasteiger partial charge in [-0.3, -0.25) is 4.79 Å². The molecule has 0 aromatic carbocycles. The molecule has 0 radical (unpaired) electrons. The average Bonchev–Trinajstić information content (AvgIpc) is 2.21. The van der Waals surface area contributed by atoms with Crippen LogP contribution in [0.2, 0.25) is 5.15 Å². The molecule has 1 aromatic heterocycles. The van der Waals surface area contributed by atoms with Crippen molar-refractivity contribution in [3.63, 3.8) is 0 Å². The Balaban J connectivity index is 2.76. The standard InChI is InChI=1S/C10H14ClN3O2/c1-6(2-3-15)14-10(16)8-4-7(12)5-13-9(8)11/h4-6,15H,2-3,12H2,1H3,(H,14,16). The van der Waals surface area contributed by atoms with Crippen LogP contribution in [0.25, 0.3) is 0 Å². The van der Waals surface area contributed by atoms with E-state index in [9.17, 15) is 4.79 Å². The van der Waals surface area contributed by atoms with Crippen LogP contribution < -0.4 is 11.1 Å². The van der Waals surface area contributed by atoms with Gasteiger partial charge in [-0.25, -0.2) is 4.98 Å². The van der Waals surface area contributed by atoms with E-state index in [1.165, 1.54) is 12.3 Å². The molecule has 0 aliphatic carbocycles. The predicted molar refractivity (Wildman–Crippen MR) is 62.3 cm³/mol. The lowest BCUT2D eigenvalue weighted by Crippen LogP contribution is -2.33. The third-order valence-electron chi connectivity index (χ3n) is 2.04. The van der Waals surface area contributed by atoms with Crippen molar-refractivity contribution in [3.05, 3.63) is 23.0 Å². The van der Waals surface area contributed by atoms with Crippen molar-refractivity contribution in [2.45, 2.75) is 19.4 Å². The first-order chi connectivity index (χ1) is 7.54. The molecule has 1 amide bonds. The summed E-state index contributed by atoms with van der Waals surface area (Å²) in [6, 6.07) is 1.34. The summed E-state index contributed by atoms with van der Waals surface area (Å²) >= 11 is 5.77. The van der Waals surface area contributed by atoms with Crippen LogP contribution in [0.5, 0.6) is 0 Å². The normalized spacial score (nSPS) is 12.2. The van der Waals surface area contributed by atoms with Crippen LogP contribution in [0.4, 0.5) is 5.69 Å². The molecule has 1 atom stereocenters. The second-order valence-electron chi connectivity index (χ2n) is 3.49. The molecule has 0 spiro atoms. The summed E-state index contributed by atoms with van der Waals surface area (Å²) in [5, 5.41) is 11.5. The number of amides is 1. The Kier molecular flexibility index (Phi) is 4.52. The maximum absolute atomic E-state index is 11.7. The number of halogens is 1. The van der Waals surface area contributed by atoms with Gasteiger partial charge in [-0.05, 0) is 19.4 Å². The molecule has 0 bridgehead atoms. The first-order valence-electron chi connectivity index (χ1n) is 4.87. The molecule has 1 aromatic rings. The topological polar surface area (TPSA) is 88.2 Å². The van der Waals surface area contributed by atoms with Crippen molar-refractivity contribution < 1.29 is 9.90 Å². The van der Waals surface area contributed by atoms with E-state index in [0.717, 1.165) is 0 Å². The number of nitrogens with two attached hydrogens (primary N) is 1. The maximum atomic E-state index is 11.7. The highest BCUT2D eigenvalue weighted by Crippen LogP contribution is 2.15. The zero-order chi connectivity index (χ0) is 12.1. The summed E-state index contributed by atoms with van der Waals surface area (Å²) in [4.78, 5) is 15.5. The smallest absolute Gasteiger partial charge is 0.254 e. The summed E-state index contributed by atoms with van der Waals surface area (Å²) in [5.74, 6) is -0.342. The summed E-state index contributed by atoms with van der Waals surface area (Å²) in [5.41, 5.74) is 6.13. The molecule has 1 unspecified atom stereocenters. The van der Waals surface area contributed by atoms with Crippen molar-refractivity contribution in [2.75, 3.05) is 12.3 Å². The highest BCUT2D eigenvalue weighted by atomic mass is 35.5. The molecule has 4 N–H and O–H groups in total. The highest BCUT2D eigenvalue weighted by Gasteiger charge is 2.13. The number of nitrogens with one attached hydrogen (secondary N) is 1. The van der Waals surface area contributed by atoms with Gasteiger partial charge in [0.1, 0.15) is 5.15 Å². The van der Waals surface area contributed by atoms with E-state index in [-0.39, 0.29) is 29.3 Å². The third kappa shape index (κ3) is 3.36. The number of carbonyl (C=O) groups excluding carboxylic acids is 1. The van der Waals surface area contributed by atoms with Crippen LogP contribution >= 0.6 is 11.6 Å². The number of carbonyl (C=O) groups is 1. The molecular formula is C10H14ClN3O2. The Hall–Kier alpha value is -1.33. The summed E-state index contributed by atoms with van der Waals surface area (Å²) in [6.07, 6.45) is 1.87. The fraction of sp³-hybridized carbons (Fsp3) is 0.400. The van der Waals surface area contributed by atoms with Crippen LogP contribution in [0.15, 0.2) is 12.3 Å². The summed E-state index contributed by atoms with van der Waals surface area (Å²) in [6.45, 7) is 1.81. The van der Waals surface area contributed by atoms with Crippen LogP contribution in [0.3, 0.4) is 0 Å². The van der Waals surface area contributed by atoms with Gasteiger partial charge in [-0.15, -0.1) is 0 Å². The van der Waals surface area contributed by atoms with Gasteiger partial charge in [0.15, 0.2) is 0 Å². The Morgan fingerprint density at radius 1 is 1.75 bits per heavy atom. The molecule has 0 saturated carbocycles. The Labute approximate surface area is 98.6 Å². The number of nitrogens with zero attached hydrogens (tertiary/aromatic N) is 1. The van der Waals surface area contributed by atoms with Crippen molar-refractivity contribution in [1.29, 1.82) is 0 Å². The minimum Gasteiger partial charge on any atom is -0.397 e. The second kappa shape index (κ2) is 5.67. The lowest BCUT2D eigenvalue weighted by molar-refractivity contribution is 0.0934. The van der Waals surface area contributed by atoms with Gasteiger partial charge in [0.25, 0.3) is 5.91 Å². The fourth-order valence-corrected chi connectivity index (χ4v) is 1.38. The minimum absolute atomic E-state index is 0.0182. The van der Waals surface area contributed by atoms with E-state index in [1.54, 1.807) is 6.92 Å². The quantitative estimate of drug-likeness (QED) is 0.683. The van der Waals surface area contributed by atoms with Gasteiger partial charge in [-0.2, -0.15) is 0 Å². The van der Waals surface area contributed by atoms with Gasteiger partial charge < -0.3 is 16.2 Å². The van der Waals surface area contributed by atoms with Gasteiger partial charge in [0, 0.05) is 12.6 Å². The Bertz CT molecular complexity index is 384. The van der Waals surface area contributed by atoms with E-state index in [0.29, 0.717) is 12.1 Å². The monoisotopic (exact) mass is 243 g/mol. The zero-order valence-electron chi connectivity index (χ0n) is 8.90. The number of aliphatic hydroxyl groups is 1. The predicted octanol–water partition coefficient (Wildman–Crippen LogP) is 0.818. The first kappa shape index (κ1) is 12.7. The third-order valence-corrected chi connectivity index (χ3v) is 2.35. The lowest BCUT2D eigenvalue weighted by Gasteiger charge is -2.12. The van der Waals surface area contributed by atoms with E-state index in [2.05, 4.69) is 10.3 Å². The number of aliphatic hydroxyl groups excluding tert-OH is 1. The average molecular weight is 244 g/mol. The fourth-order valence-electron chi connectivity index (χ4n) is 1.19. The number of anilines is 1. The number of hydrogen-bond donors (Lipinski definition) is 3. The summed E-state index contributed by atoms with van der Waals surface area (Å²) < 4.78 is 0. The highest BCUT2D eigenvalue weighted by molar-refractivity contribution is 6.32. The number of rotatable bonds is 4. The molecule has 16 heavy (non-hydrogen) atoms. The Morgan fingerprint density at radius 2 is 2.44 bits per heavy atom. The van der Waals surface area contributed by atoms with Crippen molar-refractivity contribution in [1.82, 2.24) is 10.3 Å². The number of pyridine rings is 1. The zero-order valence-corrected chi connectivity index (χ0v) is 9.66. The van der Waals surface area contributed by atoms with Gasteiger partial charge >= 0.3 is 0 Å². The number of hydrogen-bond acceptors (Lipinski definition) is 4. The molecule has 5 nitrogen and oxygen atoms in total. The van der Waals surface area contributed by atoms with E-state index >= 15 is 0 Å². The van der Waals surface area contributed by atoms with Crippen molar-refractivity contribution in [2.24, 2.45) is 0 Å². The SMILES string of the molecule is CC(CCO)NC(=O)c1cc(N)cnc1Cl. The molecule has 0 aliphatic heterocycles. The number of nitrogen functional groups attached to an aromatic ring is 1. The van der Waals surface area contributed by atoms with E-state index in [1.807, 2.05) is 0 Å². The van der Waals surface area contributed by atoms with Crippen molar-refractivity contribution in [3.8, 4) is 0 Å². The second-order valence-corrected chi connectivity index (χ2v) is 3.85.